The van der Waals surface area contributed by atoms with E-state index >= 15 is 0 Å². The van der Waals surface area contributed by atoms with Gasteiger partial charge in [-0.1, -0.05) is 20.8 Å². The molecule has 0 atom stereocenters. The normalized spacial score (nSPS) is 12.0. The second-order valence-electron chi connectivity index (χ2n) is 4.47. The quantitative estimate of drug-likeness (QED) is 0.729. The van der Waals surface area contributed by atoms with Gasteiger partial charge in [0.1, 0.15) is 5.82 Å². The zero-order chi connectivity index (χ0) is 9.90. The lowest BCUT2D eigenvalue weighted by atomic mass is 9.92. The maximum absolute atomic E-state index is 5.40. The molecule has 1 aromatic heterocycles. The third-order valence-electron chi connectivity index (χ3n) is 1.64. The molecule has 4 nitrogen and oxygen atoms in total. The molecule has 74 valence electrons. The molecule has 0 aliphatic carbocycles. The van der Waals surface area contributed by atoms with Crippen LogP contribution in [0.3, 0.4) is 0 Å². The highest BCUT2D eigenvalue weighted by atomic mass is 15.2. The summed E-state index contributed by atoms with van der Waals surface area (Å²) in [6, 6.07) is 0. The molecule has 4 heteroatoms. The minimum absolute atomic E-state index is 0.250. The average Bonchev–Trinajstić information content (AvgIpc) is 2.33. The summed E-state index contributed by atoms with van der Waals surface area (Å²) in [7, 11) is 0. The van der Waals surface area contributed by atoms with Gasteiger partial charge in [0.15, 0.2) is 5.82 Å². The van der Waals surface area contributed by atoms with Crippen molar-refractivity contribution < 1.29 is 0 Å². The fourth-order valence-corrected chi connectivity index (χ4v) is 1.16. The molecule has 0 spiro atoms. The van der Waals surface area contributed by atoms with Crippen LogP contribution in [0.4, 0.5) is 0 Å². The van der Waals surface area contributed by atoms with Gasteiger partial charge in [0.25, 0.3) is 0 Å². The van der Waals surface area contributed by atoms with E-state index in [4.69, 9.17) is 5.73 Å². The second-order valence-corrected chi connectivity index (χ2v) is 4.47. The summed E-state index contributed by atoms with van der Waals surface area (Å²) in [6.07, 6.45) is 1.67. The number of nitrogens with zero attached hydrogens (tertiary/aromatic N) is 2. The van der Waals surface area contributed by atoms with Gasteiger partial charge in [0.05, 0.1) is 0 Å². The van der Waals surface area contributed by atoms with E-state index < -0.39 is 0 Å². The topological polar surface area (TPSA) is 67.6 Å². The van der Waals surface area contributed by atoms with Crippen molar-refractivity contribution in [2.24, 2.45) is 11.1 Å². The molecule has 0 unspecified atom stereocenters. The molecule has 0 saturated carbocycles. The molecule has 0 radical (unpaired) electrons. The lowest BCUT2D eigenvalue weighted by Gasteiger charge is -2.15. The summed E-state index contributed by atoms with van der Waals surface area (Å²) >= 11 is 0. The highest BCUT2D eigenvalue weighted by Crippen LogP contribution is 2.17. The van der Waals surface area contributed by atoms with E-state index in [1.807, 2.05) is 0 Å². The number of hydrogen-bond acceptors (Lipinski definition) is 3. The summed E-state index contributed by atoms with van der Waals surface area (Å²) in [5, 5.41) is 7.00. The molecule has 13 heavy (non-hydrogen) atoms. The predicted octanol–water partition coefficient (Wildman–Crippen LogP) is 0.895. The monoisotopic (exact) mass is 182 g/mol. The first-order chi connectivity index (χ1) is 6.01. The van der Waals surface area contributed by atoms with Crippen molar-refractivity contribution in [2.45, 2.75) is 33.6 Å². The van der Waals surface area contributed by atoms with Crippen LogP contribution >= 0.6 is 0 Å². The third kappa shape index (κ3) is 3.55. The van der Waals surface area contributed by atoms with Gasteiger partial charge in [-0.2, -0.15) is 5.10 Å². The van der Waals surface area contributed by atoms with E-state index in [2.05, 4.69) is 36.0 Å². The summed E-state index contributed by atoms with van der Waals surface area (Å²) in [6.45, 7) is 7.14. The van der Waals surface area contributed by atoms with Gasteiger partial charge < -0.3 is 5.73 Å². The van der Waals surface area contributed by atoms with Gasteiger partial charge in [-0.15, -0.1) is 0 Å². The molecule has 0 aliphatic rings. The Balaban J connectivity index is 2.59. The van der Waals surface area contributed by atoms with Crippen molar-refractivity contribution in [3.05, 3.63) is 11.6 Å². The van der Waals surface area contributed by atoms with Crippen LogP contribution in [0.5, 0.6) is 0 Å². The number of aromatic nitrogens is 3. The van der Waals surface area contributed by atoms with Crippen LogP contribution < -0.4 is 5.73 Å². The molecule has 0 amide bonds. The van der Waals surface area contributed by atoms with E-state index in [1.54, 1.807) is 0 Å². The lowest BCUT2D eigenvalue weighted by molar-refractivity contribution is 0.401. The second kappa shape index (κ2) is 3.87. The molecule has 1 heterocycles. The number of hydrogen-bond donors (Lipinski definition) is 2. The first-order valence-electron chi connectivity index (χ1n) is 4.61. The Kier molecular flexibility index (Phi) is 3.03. The van der Waals surface area contributed by atoms with Crippen LogP contribution in [0.1, 0.15) is 32.4 Å². The van der Waals surface area contributed by atoms with E-state index in [0.29, 0.717) is 6.54 Å². The minimum atomic E-state index is 0.250. The van der Waals surface area contributed by atoms with Crippen molar-refractivity contribution in [1.29, 1.82) is 0 Å². The Bertz CT molecular complexity index is 259. The van der Waals surface area contributed by atoms with E-state index in [9.17, 15) is 0 Å². The van der Waals surface area contributed by atoms with Gasteiger partial charge in [0.2, 0.25) is 0 Å². The van der Waals surface area contributed by atoms with Gasteiger partial charge in [-0.3, -0.25) is 5.10 Å². The molecule has 3 N–H and O–H groups in total. The van der Waals surface area contributed by atoms with E-state index in [-0.39, 0.29) is 5.41 Å². The zero-order valence-electron chi connectivity index (χ0n) is 8.59. The van der Waals surface area contributed by atoms with Crippen LogP contribution in [0.2, 0.25) is 0 Å². The molecular weight excluding hydrogens is 164 g/mol. The van der Waals surface area contributed by atoms with E-state index in [1.165, 1.54) is 0 Å². The van der Waals surface area contributed by atoms with E-state index in [0.717, 1.165) is 24.5 Å². The minimum Gasteiger partial charge on any atom is -0.330 e. The first kappa shape index (κ1) is 10.2. The molecule has 0 aromatic carbocycles. The molecule has 1 aromatic rings. The van der Waals surface area contributed by atoms with Gasteiger partial charge in [-0.05, 0) is 12.0 Å². The largest absolute Gasteiger partial charge is 0.330 e. The van der Waals surface area contributed by atoms with Crippen molar-refractivity contribution in [2.75, 3.05) is 6.54 Å². The first-order valence-corrected chi connectivity index (χ1v) is 4.61. The van der Waals surface area contributed by atoms with Gasteiger partial charge in [0, 0.05) is 12.8 Å². The number of aromatic amines is 1. The van der Waals surface area contributed by atoms with Gasteiger partial charge >= 0.3 is 0 Å². The van der Waals surface area contributed by atoms with Crippen LogP contribution in [0.15, 0.2) is 0 Å². The molecule has 0 aliphatic heterocycles. The summed E-state index contributed by atoms with van der Waals surface area (Å²) in [4.78, 5) is 4.34. The standard InChI is InChI=1S/C9H18N4/c1-9(2,3)6-8-11-7(4-5-10)12-13-8/h4-6,10H2,1-3H3,(H,11,12,13). The van der Waals surface area contributed by atoms with Crippen LogP contribution in [0, 0.1) is 5.41 Å². The number of nitrogens with one attached hydrogen (secondary N) is 1. The predicted molar refractivity (Wildman–Crippen MR) is 52.3 cm³/mol. The fourth-order valence-electron chi connectivity index (χ4n) is 1.16. The lowest BCUT2D eigenvalue weighted by Crippen LogP contribution is -2.10. The maximum Gasteiger partial charge on any atom is 0.151 e. The summed E-state index contributed by atoms with van der Waals surface area (Å²) in [5.74, 6) is 1.78. The van der Waals surface area contributed by atoms with Crippen molar-refractivity contribution in [3.8, 4) is 0 Å². The molecular formula is C9H18N4. The molecule has 0 bridgehead atoms. The average molecular weight is 182 g/mol. The van der Waals surface area contributed by atoms with Crippen molar-refractivity contribution >= 4 is 0 Å². The number of nitrogens with two attached hydrogens (primary N) is 1. The Morgan fingerprint density at radius 3 is 2.62 bits per heavy atom. The number of rotatable bonds is 3. The molecule has 0 fully saturated rings. The summed E-state index contributed by atoms with van der Waals surface area (Å²) < 4.78 is 0. The highest BCUT2D eigenvalue weighted by molar-refractivity contribution is 4.93. The molecule has 1 rings (SSSR count). The third-order valence-corrected chi connectivity index (χ3v) is 1.64. The smallest absolute Gasteiger partial charge is 0.151 e. The Morgan fingerprint density at radius 1 is 1.38 bits per heavy atom. The summed E-state index contributed by atoms with van der Waals surface area (Å²) in [5.41, 5.74) is 5.65. The Hall–Kier alpha value is -0.900. The van der Waals surface area contributed by atoms with Crippen molar-refractivity contribution in [3.63, 3.8) is 0 Å². The van der Waals surface area contributed by atoms with Gasteiger partial charge in [-0.25, -0.2) is 4.98 Å². The van der Waals surface area contributed by atoms with Crippen LogP contribution in [-0.2, 0) is 12.8 Å². The van der Waals surface area contributed by atoms with Crippen molar-refractivity contribution in [1.82, 2.24) is 15.2 Å². The highest BCUT2D eigenvalue weighted by Gasteiger charge is 2.14. The maximum atomic E-state index is 5.40. The Labute approximate surface area is 78.9 Å². The van der Waals surface area contributed by atoms with Crippen LogP contribution in [-0.4, -0.2) is 21.7 Å². The van der Waals surface area contributed by atoms with Crippen LogP contribution in [0.25, 0.3) is 0 Å². The Morgan fingerprint density at radius 2 is 2.08 bits per heavy atom. The molecule has 0 saturated heterocycles. The number of H-pyrrole nitrogens is 1. The zero-order valence-corrected chi connectivity index (χ0v) is 8.59. The SMILES string of the molecule is CC(C)(C)Cc1nc(CCN)n[nH]1. The fraction of sp³-hybridized carbons (Fsp3) is 0.778.